The van der Waals surface area contributed by atoms with Crippen LogP contribution in [0.5, 0.6) is 0 Å². The lowest BCUT2D eigenvalue weighted by atomic mass is 10.0. The summed E-state index contributed by atoms with van der Waals surface area (Å²) in [5.41, 5.74) is 5.64. The molecule has 1 aliphatic heterocycles. The van der Waals surface area contributed by atoms with E-state index in [1.54, 1.807) is 0 Å². The number of carbonyl (C=O) groups excluding carboxylic acids is 1. The normalized spacial score (nSPS) is 21.4. The van der Waals surface area contributed by atoms with Crippen LogP contribution in [0.2, 0.25) is 0 Å². The van der Waals surface area contributed by atoms with E-state index in [-0.39, 0.29) is 11.9 Å². The van der Waals surface area contributed by atoms with Crippen molar-refractivity contribution in [2.45, 2.75) is 39.3 Å². The number of nitrogens with one attached hydrogen (secondary N) is 1. The molecule has 1 saturated heterocycles. The predicted octanol–water partition coefficient (Wildman–Crippen LogP) is 0.112. The molecule has 0 radical (unpaired) electrons. The van der Waals surface area contributed by atoms with Gasteiger partial charge >= 0.3 is 0 Å². The quantitative estimate of drug-likeness (QED) is 0.719. The second kappa shape index (κ2) is 7.82. The largest absolute Gasteiger partial charge is 0.354 e. The number of hydrogen-bond donors (Lipinski definition) is 2. The van der Waals surface area contributed by atoms with E-state index in [0.29, 0.717) is 18.4 Å². The third-order valence-corrected chi connectivity index (χ3v) is 3.79. The molecule has 2 atom stereocenters. The summed E-state index contributed by atoms with van der Waals surface area (Å²) in [5.74, 6) is 0.605. The molecule has 0 spiro atoms. The van der Waals surface area contributed by atoms with E-state index in [1.807, 2.05) is 6.92 Å². The summed E-state index contributed by atoms with van der Waals surface area (Å²) in [6.07, 6.45) is 0.410. The fraction of sp³-hybridized carbons (Fsp3) is 0.929. The van der Waals surface area contributed by atoms with Crippen molar-refractivity contribution in [3.05, 3.63) is 0 Å². The molecule has 0 aromatic rings. The van der Waals surface area contributed by atoms with Crippen LogP contribution in [-0.2, 0) is 4.79 Å². The van der Waals surface area contributed by atoms with Crippen LogP contribution < -0.4 is 11.1 Å². The van der Waals surface area contributed by atoms with Crippen LogP contribution in [-0.4, -0.2) is 67.6 Å². The molecule has 1 amide bonds. The van der Waals surface area contributed by atoms with Gasteiger partial charge in [-0.25, -0.2) is 0 Å². The van der Waals surface area contributed by atoms with Crippen molar-refractivity contribution in [3.8, 4) is 0 Å². The molecule has 0 bridgehead atoms. The van der Waals surface area contributed by atoms with Gasteiger partial charge in [-0.15, -0.1) is 0 Å². The molecule has 112 valence electrons. The zero-order valence-electron chi connectivity index (χ0n) is 12.9. The molecule has 5 nitrogen and oxygen atoms in total. The fourth-order valence-electron chi connectivity index (χ4n) is 2.52. The minimum atomic E-state index is -0.0684. The SMILES string of the molecule is CC(N)CC(=O)NCC(C(C)C)N1CCN(C)CC1. The average Bonchev–Trinajstić information content (AvgIpc) is 2.30. The number of carbonyl (C=O) groups is 1. The molecule has 0 aliphatic carbocycles. The van der Waals surface area contributed by atoms with Crippen molar-refractivity contribution in [1.29, 1.82) is 0 Å². The highest BCUT2D eigenvalue weighted by atomic mass is 16.1. The first-order valence-corrected chi connectivity index (χ1v) is 7.35. The monoisotopic (exact) mass is 270 g/mol. The van der Waals surface area contributed by atoms with Crippen molar-refractivity contribution < 1.29 is 4.79 Å². The van der Waals surface area contributed by atoms with E-state index < -0.39 is 0 Å². The predicted molar refractivity (Wildman–Crippen MR) is 79.0 cm³/mol. The van der Waals surface area contributed by atoms with Gasteiger partial charge in [0.15, 0.2) is 0 Å². The minimum absolute atomic E-state index is 0.0646. The third kappa shape index (κ3) is 5.89. The zero-order valence-corrected chi connectivity index (χ0v) is 12.9. The standard InChI is InChI=1S/C14H30N4O/c1-11(2)13(10-16-14(19)9-12(3)15)18-7-5-17(4)6-8-18/h11-13H,5-10,15H2,1-4H3,(H,16,19). The van der Waals surface area contributed by atoms with E-state index >= 15 is 0 Å². The highest BCUT2D eigenvalue weighted by Gasteiger charge is 2.25. The van der Waals surface area contributed by atoms with Gasteiger partial charge in [-0.1, -0.05) is 13.8 Å². The summed E-state index contributed by atoms with van der Waals surface area (Å²) in [6, 6.07) is 0.354. The number of likely N-dealkylation sites (N-methyl/N-ethyl adjacent to an activating group) is 1. The van der Waals surface area contributed by atoms with Crippen LogP contribution in [0.1, 0.15) is 27.2 Å². The highest BCUT2D eigenvalue weighted by Crippen LogP contribution is 2.12. The van der Waals surface area contributed by atoms with Crippen molar-refractivity contribution >= 4 is 5.91 Å². The molecule has 5 heteroatoms. The van der Waals surface area contributed by atoms with Gasteiger partial charge in [-0.2, -0.15) is 0 Å². The fourth-order valence-corrected chi connectivity index (χ4v) is 2.52. The molecule has 1 heterocycles. The molecule has 0 saturated carbocycles. The van der Waals surface area contributed by atoms with Gasteiger partial charge in [0.05, 0.1) is 0 Å². The molecular formula is C14H30N4O. The zero-order chi connectivity index (χ0) is 14.4. The Balaban J connectivity index is 2.42. The number of nitrogens with zero attached hydrogens (tertiary/aromatic N) is 2. The maximum Gasteiger partial charge on any atom is 0.221 e. The number of amides is 1. The third-order valence-electron chi connectivity index (χ3n) is 3.79. The summed E-state index contributed by atoms with van der Waals surface area (Å²) in [6.45, 7) is 11.4. The van der Waals surface area contributed by atoms with Crippen molar-refractivity contribution in [2.24, 2.45) is 11.7 Å². The molecule has 0 aromatic carbocycles. The Morgan fingerprint density at radius 2 is 1.79 bits per heavy atom. The number of rotatable bonds is 6. The first-order chi connectivity index (χ1) is 8.90. The lowest BCUT2D eigenvalue weighted by molar-refractivity contribution is -0.121. The molecule has 19 heavy (non-hydrogen) atoms. The van der Waals surface area contributed by atoms with Gasteiger partial charge in [0, 0.05) is 51.2 Å². The van der Waals surface area contributed by atoms with Crippen LogP contribution in [0.25, 0.3) is 0 Å². The first-order valence-electron chi connectivity index (χ1n) is 7.35. The van der Waals surface area contributed by atoms with Crippen LogP contribution in [0, 0.1) is 5.92 Å². The van der Waals surface area contributed by atoms with Crippen LogP contribution in [0.15, 0.2) is 0 Å². The molecular weight excluding hydrogens is 240 g/mol. The summed E-state index contributed by atoms with van der Waals surface area (Å²) < 4.78 is 0. The second-order valence-electron chi connectivity index (χ2n) is 6.14. The van der Waals surface area contributed by atoms with Gasteiger partial charge in [-0.3, -0.25) is 9.69 Å². The van der Waals surface area contributed by atoms with Gasteiger partial charge in [0.1, 0.15) is 0 Å². The van der Waals surface area contributed by atoms with Crippen molar-refractivity contribution in [1.82, 2.24) is 15.1 Å². The van der Waals surface area contributed by atoms with Crippen molar-refractivity contribution in [2.75, 3.05) is 39.8 Å². The number of piperazine rings is 1. The lowest BCUT2D eigenvalue weighted by Crippen LogP contribution is -2.54. The Morgan fingerprint density at radius 1 is 1.21 bits per heavy atom. The molecule has 2 unspecified atom stereocenters. The Kier molecular flexibility index (Phi) is 6.75. The van der Waals surface area contributed by atoms with Crippen LogP contribution >= 0.6 is 0 Å². The Morgan fingerprint density at radius 3 is 2.26 bits per heavy atom. The van der Waals surface area contributed by atoms with Crippen molar-refractivity contribution in [3.63, 3.8) is 0 Å². The van der Waals surface area contributed by atoms with Crippen LogP contribution in [0.3, 0.4) is 0 Å². The highest BCUT2D eigenvalue weighted by molar-refractivity contribution is 5.76. The molecule has 1 rings (SSSR count). The van der Waals surface area contributed by atoms with E-state index in [9.17, 15) is 4.79 Å². The number of hydrogen-bond acceptors (Lipinski definition) is 4. The second-order valence-corrected chi connectivity index (χ2v) is 6.14. The maximum atomic E-state index is 11.7. The average molecular weight is 270 g/mol. The van der Waals surface area contributed by atoms with Gasteiger partial charge in [-0.05, 0) is 19.9 Å². The smallest absolute Gasteiger partial charge is 0.221 e. The molecule has 0 aromatic heterocycles. The Bertz CT molecular complexity index is 273. The summed E-state index contributed by atoms with van der Waals surface area (Å²) in [5, 5.41) is 3.03. The van der Waals surface area contributed by atoms with E-state index in [2.05, 4.69) is 36.0 Å². The Hall–Kier alpha value is -0.650. The maximum absolute atomic E-state index is 11.7. The topological polar surface area (TPSA) is 61.6 Å². The van der Waals surface area contributed by atoms with Gasteiger partial charge in [0.25, 0.3) is 0 Å². The van der Waals surface area contributed by atoms with E-state index in [1.165, 1.54) is 0 Å². The summed E-state index contributed by atoms with van der Waals surface area (Å²) in [4.78, 5) is 16.5. The molecule has 3 N–H and O–H groups in total. The number of nitrogens with two attached hydrogens (primary N) is 1. The minimum Gasteiger partial charge on any atom is -0.354 e. The summed E-state index contributed by atoms with van der Waals surface area (Å²) in [7, 11) is 2.16. The Labute approximate surface area is 117 Å². The summed E-state index contributed by atoms with van der Waals surface area (Å²) >= 11 is 0. The first kappa shape index (κ1) is 16.4. The van der Waals surface area contributed by atoms with Gasteiger partial charge < -0.3 is 16.0 Å². The lowest BCUT2D eigenvalue weighted by Gasteiger charge is -2.40. The van der Waals surface area contributed by atoms with Crippen LogP contribution in [0.4, 0.5) is 0 Å². The molecule has 1 fully saturated rings. The van der Waals surface area contributed by atoms with E-state index in [0.717, 1.165) is 32.7 Å². The van der Waals surface area contributed by atoms with E-state index in [4.69, 9.17) is 5.73 Å². The molecule has 1 aliphatic rings. The van der Waals surface area contributed by atoms with Gasteiger partial charge in [0.2, 0.25) is 5.91 Å².